The van der Waals surface area contributed by atoms with Crippen LogP contribution in [0.5, 0.6) is 0 Å². The average Bonchev–Trinajstić information content (AvgIpc) is 2.94. The summed E-state index contributed by atoms with van der Waals surface area (Å²) in [7, 11) is 1.72. The quantitative estimate of drug-likeness (QED) is 0.437. The van der Waals surface area contributed by atoms with Crippen LogP contribution in [0.3, 0.4) is 0 Å². The minimum atomic E-state index is -0.0325. The van der Waals surface area contributed by atoms with Gasteiger partial charge in [-0.15, -0.1) is 16.3 Å². The minimum absolute atomic E-state index is 0.0325. The van der Waals surface area contributed by atoms with E-state index in [-0.39, 0.29) is 11.9 Å². The highest BCUT2D eigenvalue weighted by atomic mass is 32.1. The number of thiazole rings is 1. The lowest BCUT2D eigenvalue weighted by Crippen LogP contribution is -2.33. The van der Waals surface area contributed by atoms with Crippen LogP contribution in [0.15, 0.2) is 39.6 Å². The molecule has 0 radical (unpaired) electrons. The predicted molar refractivity (Wildman–Crippen MR) is 88.7 cm³/mol. The van der Waals surface area contributed by atoms with Crippen LogP contribution in [0, 0.1) is 11.5 Å². The second-order valence-electron chi connectivity index (χ2n) is 4.23. The minimum Gasteiger partial charge on any atom is -0.370 e. The number of aliphatic imine (C=N–C) groups is 2. The van der Waals surface area contributed by atoms with Crippen molar-refractivity contribution in [2.24, 2.45) is 27.2 Å². The number of nitrogens with zero attached hydrogens (tertiary/aromatic N) is 5. The van der Waals surface area contributed by atoms with E-state index in [1.165, 1.54) is 11.3 Å². The maximum atomic E-state index is 8.55. The molecule has 1 aromatic carbocycles. The number of nitrogens with two attached hydrogens (primary N) is 3. The van der Waals surface area contributed by atoms with Crippen LogP contribution in [0.25, 0.3) is 11.3 Å². The van der Waals surface area contributed by atoms with Crippen LogP contribution in [0.1, 0.15) is 0 Å². The summed E-state index contributed by atoms with van der Waals surface area (Å²) in [6, 6.07) is 7.50. The Balaban J connectivity index is 2.33. The molecule has 0 saturated carbocycles. The molecule has 0 bridgehead atoms. The Kier molecular flexibility index (Phi) is 4.55. The Bertz CT molecular complexity index is 766. The first kappa shape index (κ1) is 15.3. The third kappa shape index (κ3) is 3.50. The van der Waals surface area contributed by atoms with Crippen molar-refractivity contribution >= 4 is 34.1 Å². The summed E-state index contributed by atoms with van der Waals surface area (Å²) in [5.74, 6) is 0.0778. The van der Waals surface area contributed by atoms with Gasteiger partial charge in [-0.2, -0.15) is 10.3 Å². The van der Waals surface area contributed by atoms with Gasteiger partial charge in [0.1, 0.15) is 0 Å². The Morgan fingerprint density at radius 1 is 1.36 bits per heavy atom. The van der Waals surface area contributed by atoms with E-state index in [2.05, 4.69) is 15.0 Å². The Labute approximate surface area is 131 Å². The van der Waals surface area contributed by atoms with Gasteiger partial charge in [0, 0.05) is 23.7 Å². The molecule has 6 N–H and O–H groups in total. The molecule has 1 heterocycles. The molecule has 0 amide bonds. The largest absolute Gasteiger partial charge is 0.370 e. The van der Waals surface area contributed by atoms with Gasteiger partial charge in [-0.05, 0) is 12.1 Å². The fourth-order valence-corrected chi connectivity index (χ4v) is 2.41. The average molecular weight is 314 g/mol. The van der Waals surface area contributed by atoms with Crippen molar-refractivity contribution < 1.29 is 0 Å². The third-order valence-corrected chi connectivity index (χ3v) is 3.49. The maximum Gasteiger partial charge on any atom is 0.212 e. The van der Waals surface area contributed by atoms with E-state index in [0.717, 1.165) is 16.9 Å². The first-order chi connectivity index (χ1) is 10.5. The fourth-order valence-electron chi connectivity index (χ4n) is 1.69. The molecule has 0 spiro atoms. The van der Waals surface area contributed by atoms with Gasteiger partial charge in [0.2, 0.25) is 17.3 Å². The molecule has 0 aliphatic heterocycles. The normalized spacial score (nSPS) is 10.8. The van der Waals surface area contributed by atoms with Gasteiger partial charge < -0.3 is 22.1 Å². The highest BCUT2D eigenvalue weighted by Crippen LogP contribution is 2.28. The SMILES string of the molecule is CN(C(N)=NC#N)c1cccc(-c2csc(N=C(N)N)n2)c1. The molecule has 0 aliphatic carbocycles. The Morgan fingerprint density at radius 2 is 2.14 bits per heavy atom. The predicted octanol–water partition coefficient (Wildman–Crippen LogP) is 0.947. The van der Waals surface area contributed by atoms with Gasteiger partial charge in [-0.1, -0.05) is 12.1 Å². The monoisotopic (exact) mass is 314 g/mol. The second kappa shape index (κ2) is 6.55. The van der Waals surface area contributed by atoms with Gasteiger partial charge in [0.05, 0.1) is 5.69 Å². The molecule has 112 valence electrons. The lowest BCUT2D eigenvalue weighted by atomic mass is 10.1. The van der Waals surface area contributed by atoms with Crippen molar-refractivity contribution in [3.8, 4) is 17.5 Å². The summed E-state index contributed by atoms with van der Waals surface area (Å²) in [5.41, 5.74) is 18.8. The van der Waals surface area contributed by atoms with Crippen molar-refractivity contribution in [2.75, 3.05) is 11.9 Å². The molecule has 1 aromatic heterocycles. The molecular weight excluding hydrogens is 300 g/mol. The van der Waals surface area contributed by atoms with Crippen LogP contribution < -0.4 is 22.1 Å². The molecule has 0 saturated heterocycles. The van der Waals surface area contributed by atoms with E-state index in [9.17, 15) is 0 Å². The van der Waals surface area contributed by atoms with Crippen LogP contribution in [0.4, 0.5) is 10.8 Å². The number of aromatic nitrogens is 1. The van der Waals surface area contributed by atoms with Crippen LogP contribution in [0.2, 0.25) is 0 Å². The lowest BCUT2D eigenvalue weighted by Gasteiger charge is -2.17. The zero-order valence-electron chi connectivity index (χ0n) is 11.8. The number of rotatable bonds is 3. The highest BCUT2D eigenvalue weighted by molar-refractivity contribution is 7.13. The number of nitriles is 1. The fraction of sp³-hybridized carbons (Fsp3) is 0.0769. The smallest absolute Gasteiger partial charge is 0.212 e. The van der Waals surface area contributed by atoms with Crippen LogP contribution >= 0.6 is 11.3 Å². The first-order valence-electron chi connectivity index (χ1n) is 6.13. The molecule has 8 nitrogen and oxygen atoms in total. The number of anilines is 1. The maximum absolute atomic E-state index is 8.55. The zero-order chi connectivity index (χ0) is 16.1. The van der Waals surface area contributed by atoms with Crippen molar-refractivity contribution in [3.05, 3.63) is 29.6 Å². The van der Waals surface area contributed by atoms with Gasteiger partial charge >= 0.3 is 0 Å². The molecule has 22 heavy (non-hydrogen) atoms. The first-order valence-corrected chi connectivity index (χ1v) is 7.01. The molecule has 2 rings (SSSR count). The van der Waals surface area contributed by atoms with Gasteiger partial charge in [-0.25, -0.2) is 4.98 Å². The molecule has 0 unspecified atom stereocenters. The topological polar surface area (TPSA) is 143 Å². The van der Waals surface area contributed by atoms with Gasteiger partial charge in [0.25, 0.3) is 0 Å². The zero-order valence-corrected chi connectivity index (χ0v) is 12.6. The summed E-state index contributed by atoms with van der Waals surface area (Å²) in [5, 5.41) is 10.9. The second-order valence-corrected chi connectivity index (χ2v) is 5.07. The Hall–Kier alpha value is -3.12. The van der Waals surface area contributed by atoms with Crippen LogP contribution in [-0.2, 0) is 0 Å². The summed E-state index contributed by atoms with van der Waals surface area (Å²) in [4.78, 5) is 13.4. The number of hydrogen-bond acceptors (Lipinski definition) is 5. The number of benzene rings is 1. The summed E-state index contributed by atoms with van der Waals surface area (Å²) in [6.07, 6.45) is 1.66. The van der Waals surface area contributed by atoms with E-state index < -0.39 is 0 Å². The molecule has 0 fully saturated rings. The number of guanidine groups is 2. The summed E-state index contributed by atoms with van der Waals surface area (Å²) >= 11 is 1.34. The Morgan fingerprint density at radius 3 is 2.82 bits per heavy atom. The van der Waals surface area contributed by atoms with E-state index in [1.54, 1.807) is 18.1 Å². The van der Waals surface area contributed by atoms with E-state index >= 15 is 0 Å². The highest BCUT2D eigenvalue weighted by Gasteiger charge is 2.09. The third-order valence-electron chi connectivity index (χ3n) is 2.75. The van der Waals surface area contributed by atoms with Crippen molar-refractivity contribution in [1.29, 1.82) is 5.26 Å². The molecule has 0 atom stereocenters. The van der Waals surface area contributed by atoms with Crippen LogP contribution in [-0.4, -0.2) is 24.0 Å². The van der Waals surface area contributed by atoms with Crippen molar-refractivity contribution in [2.45, 2.75) is 0 Å². The lowest BCUT2D eigenvalue weighted by molar-refractivity contribution is 1.22. The van der Waals surface area contributed by atoms with E-state index in [4.69, 9.17) is 22.5 Å². The van der Waals surface area contributed by atoms with E-state index in [0.29, 0.717) is 5.13 Å². The molecule has 2 aromatic rings. The molecule has 9 heteroatoms. The van der Waals surface area contributed by atoms with E-state index in [1.807, 2.05) is 29.6 Å². The van der Waals surface area contributed by atoms with Crippen molar-refractivity contribution in [3.63, 3.8) is 0 Å². The van der Waals surface area contributed by atoms with Gasteiger partial charge in [-0.3, -0.25) is 0 Å². The van der Waals surface area contributed by atoms with Crippen molar-refractivity contribution in [1.82, 2.24) is 4.98 Å². The summed E-state index contributed by atoms with van der Waals surface area (Å²) in [6.45, 7) is 0. The van der Waals surface area contributed by atoms with Gasteiger partial charge in [0.15, 0.2) is 5.96 Å². The molecular formula is C13H14N8S. The summed E-state index contributed by atoms with van der Waals surface area (Å²) < 4.78 is 0. The standard InChI is InChI=1S/C13H14N8S/c1-21(12(17)18-7-14)9-4-2-3-8(5-9)10-6-22-13(19-10)20-11(15)16/h2-6H,1H3,(H2,17,18)(H4,15,16,19,20). The molecule has 0 aliphatic rings. The number of hydrogen-bond donors (Lipinski definition) is 3.